The highest BCUT2D eigenvalue weighted by Crippen LogP contribution is 2.38. The zero-order valence-corrected chi connectivity index (χ0v) is 17.5. The summed E-state index contributed by atoms with van der Waals surface area (Å²) in [6.45, 7) is 1.79. The Morgan fingerprint density at radius 1 is 1.10 bits per heavy atom. The van der Waals surface area contributed by atoms with Gasteiger partial charge in [-0.1, -0.05) is 18.2 Å². The van der Waals surface area contributed by atoms with Crippen LogP contribution in [0.5, 0.6) is 11.5 Å². The minimum absolute atomic E-state index is 0.0133. The molecule has 158 valence electrons. The number of carbonyl (C=O) groups is 1. The third-order valence-electron chi connectivity index (χ3n) is 5.12. The fourth-order valence-electron chi connectivity index (χ4n) is 3.78. The van der Waals surface area contributed by atoms with Gasteiger partial charge in [-0.15, -0.1) is 0 Å². The van der Waals surface area contributed by atoms with Gasteiger partial charge in [0.25, 0.3) is 0 Å². The monoisotopic (exact) mass is 428 g/mol. The summed E-state index contributed by atoms with van der Waals surface area (Å²) in [5.41, 5.74) is 2.35. The topological polar surface area (TPSA) is 84.9 Å². The van der Waals surface area contributed by atoms with Crippen LogP contribution in [0.15, 0.2) is 48.5 Å². The first-order valence-corrected chi connectivity index (χ1v) is 11.7. The van der Waals surface area contributed by atoms with Crippen molar-refractivity contribution in [3.8, 4) is 11.5 Å². The number of anilines is 1. The van der Waals surface area contributed by atoms with Crippen LogP contribution in [0.25, 0.3) is 6.08 Å². The second kappa shape index (κ2) is 8.39. The van der Waals surface area contributed by atoms with E-state index in [1.165, 1.54) is 0 Å². The third kappa shape index (κ3) is 4.76. The standard InChI is InChI=1S/C22H24N2O5S/c1-30(26,27)23-18-8-4-16(5-9-18)6-11-22(25)24-12-2-3-19(24)17-7-10-20-21(15-17)29-14-13-28-20/h4-11,15,19,23H,2-3,12-14H2,1H3/b11-6+. The van der Waals surface area contributed by atoms with Crippen LogP contribution in [0.3, 0.4) is 0 Å². The fraction of sp³-hybridized carbons (Fsp3) is 0.318. The van der Waals surface area contributed by atoms with Crippen LogP contribution in [-0.2, 0) is 14.8 Å². The molecule has 2 aromatic carbocycles. The maximum Gasteiger partial charge on any atom is 0.247 e. The number of ether oxygens (including phenoxy) is 2. The molecule has 0 spiro atoms. The number of likely N-dealkylation sites (tertiary alicyclic amines) is 1. The Hall–Kier alpha value is -3.00. The van der Waals surface area contributed by atoms with E-state index in [4.69, 9.17) is 9.47 Å². The van der Waals surface area contributed by atoms with Crippen molar-refractivity contribution in [3.63, 3.8) is 0 Å². The molecule has 1 N–H and O–H groups in total. The van der Waals surface area contributed by atoms with Gasteiger partial charge < -0.3 is 14.4 Å². The number of nitrogens with one attached hydrogen (secondary N) is 1. The minimum atomic E-state index is -3.31. The maximum absolute atomic E-state index is 12.8. The van der Waals surface area contributed by atoms with Crippen LogP contribution >= 0.6 is 0 Å². The minimum Gasteiger partial charge on any atom is -0.486 e. The normalized spacial score (nSPS) is 18.6. The Labute approximate surface area is 176 Å². The first kappa shape index (κ1) is 20.3. The molecule has 30 heavy (non-hydrogen) atoms. The van der Waals surface area contributed by atoms with Crippen molar-refractivity contribution in [2.75, 3.05) is 30.7 Å². The molecule has 1 amide bonds. The summed E-state index contributed by atoms with van der Waals surface area (Å²) in [7, 11) is -3.31. The zero-order valence-electron chi connectivity index (χ0n) is 16.7. The third-order valence-corrected chi connectivity index (χ3v) is 5.73. The highest BCUT2D eigenvalue weighted by molar-refractivity contribution is 7.92. The molecule has 2 aliphatic heterocycles. The van der Waals surface area contributed by atoms with Crippen molar-refractivity contribution >= 4 is 27.7 Å². The SMILES string of the molecule is CS(=O)(=O)Nc1ccc(/C=C/C(=O)N2CCCC2c2ccc3c(c2)OCCO3)cc1. The predicted octanol–water partition coefficient (Wildman–Crippen LogP) is 3.21. The van der Waals surface area contributed by atoms with Gasteiger partial charge >= 0.3 is 0 Å². The van der Waals surface area contributed by atoms with Gasteiger partial charge in [0.1, 0.15) is 13.2 Å². The number of carbonyl (C=O) groups excluding carboxylic acids is 1. The van der Waals surface area contributed by atoms with Gasteiger partial charge in [-0.25, -0.2) is 8.42 Å². The molecule has 7 nitrogen and oxygen atoms in total. The molecular weight excluding hydrogens is 404 g/mol. The van der Waals surface area contributed by atoms with Crippen molar-refractivity contribution in [1.29, 1.82) is 0 Å². The van der Waals surface area contributed by atoms with E-state index in [0.29, 0.717) is 25.4 Å². The Balaban J connectivity index is 1.45. The smallest absolute Gasteiger partial charge is 0.247 e. The second-order valence-corrected chi connectivity index (χ2v) is 9.17. The summed E-state index contributed by atoms with van der Waals surface area (Å²) in [5, 5.41) is 0. The summed E-state index contributed by atoms with van der Waals surface area (Å²) in [6.07, 6.45) is 6.27. The van der Waals surface area contributed by atoms with Gasteiger partial charge in [0.05, 0.1) is 12.3 Å². The summed E-state index contributed by atoms with van der Waals surface area (Å²) >= 11 is 0. The number of rotatable bonds is 5. The quantitative estimate of drug-likeness (QED) is 0.740. The lowest BCUT2D eigenvalue weighted by Crippen LogP contribution is -2.29. The van der Waals surface area contributed by atoms with Gasteiger partial charge in [-0.05, 0) is 54.3 Å². The average molecular weight is 429 g/mol. The largest absolute Gasteiger partial charge is 0.486 e. The van der Waals surface area contributed by atoms with E-state index in [1.807, 2.05) is 23.1 Å². The predicted molar refractivity (Wildman–Crippen MR) is 115 cm³/mol. The van der Waals surface area contributed by atoms with Crippen molar-refractivity contribution < 1.29 is 22.7 Å². The van der Waals surface area contributed by atoms with Crippen LogP contribution in [0.2, 0.25) is 0 Å². The molecule has 1 unspecified atom stereocenters. The van der Waals surface area contributed by atoms with E-state index in [2.05, 4.69) is 4.72 Å². The lowest BCUT2D eigenvalue weighted by atomic mass is 10.0. The first-order valence-electron chi connectivity index (χ1n) is 9.85. The first-order chi connectivity index (χ1) is 14.4. The number of fused-ring (bicyclic) bond motifs is 1. The lowest BCUT2D eigenvalue weighted by Gasteiger charge is -2.26. The van der Waals surface area contributed by atoms with Crippen molar-refractivity contribution in [1.82, 2.24) is 4.90 Å². The average Bonchev–Trinajstić information content (AvgIpc) is 3.21. The number of benzene rings is 2. The van der Waals surface area contributed by atoms with E-state index in [-0.39, 0.29) is 11.9 Å². The van der Waals surface area contributed by atoms with E-state index >= 15 is 0 Å². The number of hydrogen-bond acceptors (Lipinski definition) is 5. The second-order valence-electron chi connectivity index (χ2n) is 7.42. The summed E-state index contributed by atoms with van der Waals surface area (Å²) < 4.78 is 36.2. The van der Waals surface area contributed by atoms with E-state index in [9.17, 15) is 13.2 Å². The molecular formula is C22H24N2O5S. The van der Waals surface area contributed by atoms with E-state index < -0.39 is 10.0 Å². The van der Waals surface area contributed by atoms with Gasteiger partial charge in [0.15, 0.2) is 11.5 Å². The summed E-state index contributed by atoms with van der Waals surface area (Å²) in [4.78, 5) is 14.7. The Morgan fingerprint density at radius 2 is 1.83 bits per heavy atom. The van der Waals surface area contributed by atoms with Crippen LogP contribution in [0.1, 0.15) is 30.0 Å². The molecule has 8 heteroatoms. The molecule has 0 saturated carbocycles. The molecule has 0 aliphatic carbocycles. The van der Waals surface area contributed by atoms with Crippen molar-refractivity contribution in [2.24, 2.45) is 0 Å². The number of sulfonamides is 1. The van der Waals surface area contributed by atoms with Crippen molar-refractivity contribution in [2.45, 2.75) is 18.9 Å². The van der Waals surface area contributed by atoms with Gasteiger partial charge in [0, 0.05) is 18.3 Å². The molecule has 1 fully saturated rings. The van der Waals surface area contributed by atoms with Crippen molar-refractivity contribution in [3.05, 3.63) is 59.7 Å². The van der Waals surface area contributed by atoms with Gasteiger partial charge in [-0.3, -0.25) is 9.52 Å². The number of hydrogen-bond donors (Lipinski definition) is 1. The molecule has 1 saturated heterocycles. The van der Waals surface area contributed by atoms with E-state index in [0.717, 1.165) is 41.7 Å². The number of nitrogens with zero attached hydrogens (tertiary/aromatic N) is 1. The molecule has 1 atom stereocenters. The molecule has 4 rings (SSSR count). The molecule has 2 aromatic rings. The maximum atomic E-state index is 12.8. The molecule has 0 bridgehead atoms. The Kier molecular flexibility index (Phi) is 5.67. The van der Waals surface area contributed by atoms with Gasteiger partial charge in [-0.2, -0.15) is 0 Å². The number of amides is 1. The Morgan fingerprint density at radius 3 is 2.57 bits per heavy atom. The Bertz CT molecular complexity index is 1060. The lowest BCUT2D eigenvalue weighted by molar-refractivity contribution is -0.126. The molecule has 2 aliphatic rings. The van der Waals surface area contributed by atoms with Crippen LogP contribution in [0, 0.1) is 0 Å². The van der Waals surface area contributed by atoms with Gasteiger partial charge in [0.2, 0.25) is 15.9 Å². The van der Waals surface area contributed by atoms with E-state index in [1.54, 1.807) is 36.4 Å². The van der Waals surface area contributed by atoms with Crippen LogP contribution in [0.4, 0.5) is 5.69 Å². The molecule has 2 heterocycles. The highest BCUT2D eigenvalue weighted by Gasteiger charge is 2.29. The molecule has 0 aromatic heterocycles. The summed E-state index contributed by atoms with van der Waals surface area (Å²) in [6, 6.07) is 12.8. The fourth-order valence-corrected chi connectivity index (χ4v) is 4.35. The highest BCUT2D eigenvalue weighted by atomic mass is 32.2. The van der Waals surface area contributed by atoms with Crippen LogP contribution in [-0.4, -0.2) is 45.2 Å². The zero-order chi connectivity index (χ0) is 21.1. The summed E-state index contributed by atoms with van der Waals surface area (Å²) in [5.74, 6) is 1.43. The molecule has 0 radical (unpaired) electrons. The van der Waals surface area contributed by atoms with Crippen LogP contribution < -0.4 is 14.2 Å².